The number of carbonyl (C=O) groups is 2. The van der Waals surface area contributed by atoms with Crippen LogP contribution in [0.1, 0.15) is 38.5 Å². The van der Waals surface area contributed by atoms with Gasteiger partial charge in [-0.05, 0) is 44.1 Å². The number of hydrogen-bond donors (Lipinski definition) is 3. The topological polar surface area (TPSA) is 107 Å². The van der Waals surface area contributed by atoms with Crippen molar-refractivity contribution in [1.82, 2.24) is 5.32 Å². The molecular weight excluding hydrogens is 270 g/mol. The highest BCUT2D eigenvalue weighted by molar-refractivity contribution is 5.81. The predicted molar refractivity (Wildman–Crippen MR) is 79.2 cm³/mol. The van der Waals surface area contributed by atoms with Crippen LogP contribution in [0.3, 0.4) is 0 Å². The van der Waals surface area contributed by atoms with Crippen LogP contribution in [0.2, 0.25) is 0 Å². The molecule has 6 nitrogen and oxygen atoms in total. The molecule has 0 aromatic rings. The van der Waals surface area contributed by atoms with Gasteiger partial charge in [0.1, 0.15) is 0 Å². The molecule has 2 aliphatic rings. The minimum absolute atomic E-state index is 0.00906. The number of nitrogens with two attached hydrogens (primary N) is 2. The average Bonchev–Trinajstić information content (AvgIpc) is 2.95. The van der Waals surface area contributed by atoms with Gasteiger partial charge in [-0.25, -0.2) is 0 Å². The Hall–Kier alpha value is -1.14. The predicted octanol–water partition coefficient (Wildman–Crippen LogP) is 0.148. The van der Waals surface area contributed by atoms with Gasteiger partial charge >= 0.3 is 0 Å². The van der Waals surface area contributed by atoms with E-state index >= 15 is 0 Å². The minimum atomic E-state index is -0.367. The van der Waals surface area contributed by atoms with E-state index in [9.17, 15) is 9.59 Å². The minimum Gasteiger partial charge on any atom is -0.381 e. The molecule has 120 valence electrons. The first-order valence-corrected chi connectivity index (χ1v) is 7.98. The largest absolute Gasteiger partial charge is 0.381 e. The van der Waals surface area contributed by atoms with Crippen LogP contribution in [0, 0.1) is 17.8 Å². The number of amides is 2. The molecule has 2 rings (SSSR count). The van der Waals surface area contributed by atoms with Crippen molar-refractivity contribution in [2.45, 2.75) is 44.6 Å². The summed E-state index contributed by atoms with van der Waals surface area (Å²) in [6.45, 7) is 1.92. The van der Waals surface area contributed by atoms with Crippen LogP contribution in [-0.4, -0.2) is 37.6 Å². The number of primary amides is 1. The lowest BCUT2D eigenvalue weighted by atomic mass is 9.88. The third kappa shape index (κ3) is 4.41. The molecule has 1 saturated heterocycles. The van der Waals surface area contributed by atoms with E-state index < -0.39 is 0 Å². The Bertz CT molecular complexity index is 369. The number of carbonyl (C=O) groups excluding carboxylic acids is 2. The van der Waals surface area contributed by atoms with Crippen molar-refractivity contribution in [3.8, 4) is 0 Å². The molecule has 1 aliphatic carbocycles. The summed E-state index contributed by atoms with van der Waals surface area (Å²) in [7, 11) is 0. The smallest absolute Gasteiger partial charge is 0.223 e. The van der Waals surface area contributed by atoms with Gasteiger partial charge in [0.05, 0.1) is 0 Å². The fourth-order valence-corrected chi connectivity index (χ4v) is 3.62. The van der Waals surface area contributed by atoms with Gasteiger partial charge in [0.25, 0.3) is 0 Å². The highest BCUT2D eigenvalue weighted by atomic mass is 16.5. The zero-order valence-corrected chi connectivity index (χ0v) is 12.6. The van der Waals surface area contributed by atoms with Crippen LogP contribution in [0.25, 0.3) is 0 Å². The van der Waals surface area contributed by atoms with Crippen molar-refractivity contribution in [2.24, 2.45) is 29.2 Å². The first-order valence-electron chi connectivity index (χ1n) is 7.98. The van der Waals surface area contributed by atoms with E-state index in [2.05, 4.69) is 5.32 Å². The SMILES string of the molecule is NC[C@H]1CCC[C@H]1C(=O)NC(CC(N)=O)C1CCOCC1. The van der Waals surface area contributed by atoms with Gasteiger partial charge in [0.2, 0.25) is 11.8 Å². The van der Waals surface area contributed by atoms with Gasteiger partial charge in [-0.2, -0.15) is 0 Å². The summed E-state index contributed by atoms with van der Waals surface area (Å²) in [5.41, 5.74) is 11.1. The summed E-state index contributed by atoms with van der Waals surface area (Å²) >= 11 is 0. The molecular formula is C15H27N3O3. The second-order valence-corrected chi connectivity index (χ2v) is 6.27. The van der Waals surface area contributed by atoms with E-state index in [1.165, 1.54) is 0 Å². The third-order valence-electron chi connectivity index (χ3n) is 4.88. The quantitative estimate of drug-likeness (QED) is 0.648. The number of ether oxygens (including phenoxy) is 1. The molecule has 3 atom stereocenters. The lowest BCUT2D eigenvalue weighted by Gasteiger charge is -2.31. The summed E-state index contributed by atoms with van der Waals surface area (Å²) in [6, 6.07) is -0.169. The lowest BCUT2D eigenvalue weighted by molar-refractivity contribution is -0.128. The molecule has 0 aromatic carbocycles. The van der Waals surface area contributed by atoms with Gasteiger partial charge in [-0.3, -0.25) is 9.59 Å². The fourth-order valence-electron chi connectivity index (χ4n) is 3.62. The van der Waals surface area contributed by atoms with E-state index in [0.29, 0.717) is 19.8 Å². The average molecular weight is 297 g/mol. The van der Waals surface area contributed by atoms with Crippen LogP contribution in [0.15, 0.2) is 0 Å². The van der Waals surface area contributed by atoms with Crippen LogP contribution >= 0.6 is 0 Å². The van der Waals surface area contributed by atoms with E-state index in [4.69, 9.17) is 16.2 Å². The van der Waals surface area contributed by atoms with Gasteiger partial charge in [0, 0.05) is 31.6 Å². The summed E-state index contributed by atoms with van der Waals surface area (Å²) in [5, 5.41) is 3.07. The molecule has 0 bridgehead atoms. The number of nitrogens with one attached hydrogen (secondary N) is 1. The van der Waals surface area contributed by atoms with Crippen molar-refractivity contribution in [3.05, 3.63) is 0 Å². The fraction of sp³-hybridized carbons (Fsp3) is 0.867. The Labute approximate surface area is 126 Å². The first-order chi connectivity index (χ1) is 10.1. The summed E-state index contributed by atoms with van der Waals surface area (Å²) in [4.78, 5) is 23.8. The molecule has 6 heteroatoms. The molecule has 0 spiro atoms. The van der Waals surface area contributed by atoms with E-state index in [0.717, 1.165) is 32.1 Å². The zero-order valence-electron chi connectivity index (χ0n) is 12.6. The third-order valence-corrected chi connectivity index (χ3v) is 4.88. The molecule has 1 unspecified atom stereocenters. The van der Waals surface area contributed by atoms with Crippen molar-refractivity contribution in [1.29, 1.82) is 0 Å². The highest BCUT2D eigenvalue weighted by Crippen LogP contribution is 2.31. The summed E-state index contributed by atoms with van der Waals surface area (Å²) in [5.74, 6) is 0.210. The second kappa shape index (κ2) is 7.75. The molecule has 2 fully saturated rings. The number of rotatable bonds is 6. The summed E-state index contributed by atoms with van der Waals surface area (Å²) < 4.78 is 5.35. The molecule has 0 aromatic heterocycles. The standard InChI is InChI=1S/C15H27N3O3/c16-9-11-2-1-3-12(11)15(20)18-13(8-14(17)19)10-4-6-21-7-5-10/h10-13H,1-9,16H2,(H2,17,19)(H,18,20)/t11-,12-,13?/m1/s1. The Morgan fingerprint density at radius 1 is 1.19 bits per heavy atom. The normalized spacial score (nSPS) is 28.2. The molecule has 2 amide bonds. The Morgan fingerprint density at radius 3 is 2.52 bits per heavy atom. The molecule has 5 N–H and O–H groups in total. The second-order valence-electron chi connectivity index (χ2n) is 6.27. The van der Waals surface area contributed by atoms with Gasteiger partial charge in [-0.1, -0.05) is 6.42 Å². The summed E-state index contributed by atoms with van der Waals surface area (Å²) in [6.07, 6.45) is 4.90. The lowest BCUT2D eigenvalue weighted by Crippen LogP contribution is -2.47. The maximum atomic E-state index is 12.5. The van der Waals surface area contributed by atoms with Crippen LogP contribution in [-0.2, 0) is 14.3 Å². The molecule has 0 radical (unpaired) electrons. The highest BCUT2D eigenvalue weighted by Gasteiger charge is 2.34. The van der Waals surface area contributed by atoms with Crippen LogP contribution in [0.5, 0.6) is 0 Å². The molecule has 1 heterocycles. The number of hydrogen-bond acceptors (Lipinski definition) is 4. The Balaban J connectivity index is 1.96. The van der Waals surface area contributed by atoms with Crippen LogP contribution in [0.4, 0.5) is 0 Å². The zero-order chi connectivity index (χ0) is 15.2. The molecule has 21 heavy (non-hydrogen) atoms. The Morgan fingerprint density at radius 2 is 1.90 bits per heavy atom. The monoisotopic (exact) mass is 297 g/mol. The van der Waals surface area contributed by atoms with Crippen molar-refractivity contribution in [3.63, 3.8) is 0 Å². The van der Waals surface area contributed by atoms with Crippen molar-refractivity contribution >= 4 is 11.8 Å². The Kier molecular flexibility index (Phi) is 5.99. The first kappa shape index (κ1) is 16.2. The van der Waals surface area contributed by atoms with Gasteiger partial charge in [-0.15, -0.1) is 0 Å². The van der Waals surface area contributed by atoms with Gasteiger partial charge < -0.3 is 21.5 Å². The van der Waals surface area contributed by atoms with E-state index in [1.54, 1.807) is 0 Å². The van der Waals surface area contributed by atoms with E-state index in [-0.39, 0.29) is 42.0 Å². The van der Waals surface area contributed by atoms with Crippen LogP contribution < -0.4 is 16.8 Å². The molecule has 1 aliphatic heterocycles. The van der Waals surface area contributed by atoms with Crippen molar-refractivity contribution in [2.75, 3.05) is 19.8 Å². The maximum absolute atomic E-state index is 12.5. The molecule has 1 saturated carbocycles. The van der Waals surface area contributed by atoms with Gasteiger partial charge in [0.15, 0.2) is 0 Å². The van der Waals surface area contributed by atoms with E-state index in [1.807, 2.05) is 0 Å². The maximum Gasteiger partial charge on any atom is 0.223 e. The van der Waals surface area contributed by atoms with Crippen molar-refractivity contribution < 1.29 is 14.3 Å².